The van der Waals surface area contributed by atoms with E-state index in [0.717, 1.165) is 6.04 Å². The maximum Gasteiger partial charge on any atom is 0.0128 e. The summed E-state index contributed by atoms with van der Waals surface area (Å²) in [5.74, 6) is 0. The van der Waals surface area contributed by atoms with Crippen molar-refractivity contribution in [3.05, 3.63) is 0 Å². The summed E-state index contributed by atoms with van der Waals surface area (Å²) in [5, 5.41) is 3.39. The van der Waals surface area contributed by atoms with Gasteiger partial charge < -0.3 is 5.32 Å². The van der Waals surface area contributed by atoms with Gasteiger partial charge in [-0.2, -0.15) is 0 Å². The molecule has 1 heteroatoms. The number of hydrogen-bond donors (Lipinski definition) is 1. The van der Waals surface area contributed by atoms with E-state index in [2.05, 4.69) is 26.1 Å². The van der Waals surface area contributed by atoms with Crippen molar-refractivity contribution in [2.75, 3.05) is 6.54 Å². The first-order valence-electron chi connectivity index (χ1n) is 3.34. The Morgan fingerprint density at radius 1 is 1.38 bits per heavy atom. The van der Waals surface area contributed by atoms with Gasteiger partial charge in [-0.25, -0.2) is 0 Å². The molecule has 48 valence electrons. The van der Waals surface area contributed by atoms with E-state index in [0.29, 0.717) is 5.41 Å². The van der Waals surface area contributed by atoms with Crippen LogP contribution in [0.25, 0.3) is 0 Å². The molecule has 8 heavy (non-hydrogen) atoms. The Hall–Kier alpha value is -0.0400. The first-order chi connectivity index (χ1) is 3.61. The molecule has 1 nitrogen and oxygen atoms in total. The normalized spacial score (nSPS) is 29.6. The molecule has 1 atom stereocenters. The highest BCUT2D eigenvalue weighted by Gasteiger charge is 2.28. The van der Waals surface area contributed by atoms with Gasteiger partial charge in [0.25, 0.3) is 0 Å². The molecule has 1 heterocycles. The highest BCUT2D eigenvalue weighted by atomic mass is 15.0. The number of hydrogen-bond acceptors (Lipinski definition) is 1. The van der Waals surface area contributed by atoms with E-state index in [-0.39, 0.29) is 0 Å². The van der Waals surface area contributed by atoms with E-state index in [1.54, 1.807) is 0 Å². The van der Waals surface area contributed by atoms with Gasteiger partial charge in [0.05, 0.1) is 0 Å². The molecule has 1 aliphatic heterocycles. The van der Waals surface area contributed by atoms with Crippen molar-refractivity contribution in [3.8, 4) is 0 Å². The van der Waals surface area contributed by atoms with Crippen molar-refractivity contribution >= 4 is 0 Å². The SMILES string of the molecule is CC(C)(C)[C@@H]1CCN1. The lowest BCUT2D eigenvalue weighted by molar-refractivity contribution is 0.193. The summed E-state index contributed by atoms with van der Waals surface area (Å²) in [6, 6.07) is 0.780. The van der Waals surface area contributed by atoms with E-state index >= 15 is 0 Å². The zero-order chi connectivity index (χ0) is 6.20. The summed E-state index contributed by atoms with van der Waals surface area (Å²) in [7, 11) is 0. The summed E-state index contributed by atoms with van der Waals surface area (Å²) in [5.41, 5.74) is 0.484. The Bertz CT molecular complexity index is 76.9. The molecular formula is C7H15N. The highest BCUT2D eigenvalue weighted by molar-refractivity contribution is 4.87. The lowest BCUT2D eigenvalue weighted by atomic mass is 9.81. The summed E-state index contributed by atoms with van der Waals surface area (Å²) < 4.78 is 0. The third-order valence-electron chi connectivity index (χ3n) is 1.87. The second-order valence-corrected chi connectivity index (χ2v) is 3.66. The van der Waals surface area contributed by atoms with Gasteiger partial charge in [-0.05, 0) is 18.4 Å². The molecule has 0 aliphatic carbocycles. The fraction of sp³-hybridized carbons (Fsp3) is 1.00. The van der Waals surface area contributed by atoms with Crippen molar-refractivity contribution in [2.45, 2.75) is 33.2 Å². The Balaban J connectivity index is 2.34. The van der Waals surface area contributed by atoms with Gasteiger partial charge in [-0.15, -0.1) is 0 Å². The highest BCUT2D eigenvalue weighted by Crippen LogP contribution is 2.25. The molecule has 0 aromatic rings. The van der Waals surface area contributed by atoms with Crippen LogP contribution in [-0.4, -0.2) is 12.6 Å². The second kappa shape index (κ2) is 1.73. The second-order valence-electron chi connectivity index (χ2n) is 3.66. The molecule has 0 spiro atoms. The maximum absolute atomic E-state index is 3.39. The quantitative estimate of drug-likeness (QED) is 0.500. The average Bonchev–Trinajstić information content (AvgIpc) is 1.16. The topological polar surface area (TPSA) is 12.0 Å². The zero-order valence-electron chi connectivity index (χ0n) is 5.99. The van der Waals surface area contributed by atoms with Crippen LogP contribution >= 0.6 is 0 Å². The molecule has 1 fully saturated rings. The molecule has 0 unspecified atom stereocenters. The molecule has 0 aromatic heterocycles. The van der Waals surface area contributed by atoms with Crippen LogP contribution < -0.4 is 5.32 Å². The van der Waals surface area contributed by atoms with Gasteiger partial charge in [0.2, 0.25) is 0 Å². The predicted molar refractivity (Wildman–Crippen MR) is 35.9 cm³/mol. The molecule has 1 aliphatic rings. The minimum Gasteiger partial charge on any atom is -0.313 e. The Morgan fingerprint density at radius 3 is 1.88 bits per heavy atom. The minimum absolute atomic E-state index is 0.484. The van der Waals surface area contributed by atoms with E-state index < -0.39 is 0 Å². The third-order valence-corrected chi connectivity index (χ3v) is 1.87. The van der Waals surface area contributed by atoms with Gasteiger partial charge in [0.15, 0.2) is 0 Å². The first-order valence-corrected chi connectivity index (χ1v) is 3.34. The number of rotatable bonds is 0. The van der Waals surface area contributed by atoms with E-state index in [9.17, 15) is 0 Å². The molecule has 1 saturated heterocycles. The van der Waals surface area contributed by atoms with Crippen LogP contribution in [0.5, 0.6) is 0 Å². The van der Waals surface area contributed by atoms with Crippen LogP contribution in [0.2, 0.25) is 0 Å². The van der Waals surface area contributed by atoms with Crippen molar-refractivity contribution in [1.29, 1.82) is 0 Å². The van der Waals surface area contributed by atoms with Crippen LogP contribution in [0.15, 0.2) is 0 Å². The Labute approximate surface area is 51.5 Å². The average molecular weight is 113 g/mol. The van der Waals surface area contributed by atoms with Crippen LogP contribution in [0.1, 0.15) is 27.2 Å². The Morgan fingerprint density at radius 2 is 1.88 bits per heavy atom. The molecular weight excluding hydrogens is 98.1 g/mol. The smallest absolute Gasteiger partial charge is 0.0128 e. The summed E-state index contributed by atoms with van der Waals surface area (Å²) in [6.45, 7) is 8.07. The van der Waals surface area contributed by atoms with Gasteiger partial charge in [0.1, 0.15) is 0 Å². The van der Waals surface area contributed by atoms with Crippen LogP contribution in [0, 0.1) is 5.41 Å². The van der Waals surface area contributed by atoms with Crippen molar-refractivity contribution < 1.29 is 0 Å². The fourth-order valence-electron chi connectivity index (χ4n) is 1.03. The number of nitrogens with one attached hydrogen (secondary N) is 1. The standard InChI is InChI=1S/C7H15N/c1-7(2,3)6-4-5-8-6/h6,8H,4-5H2,1-3H3/t6-/m0/s1. The zero-order valence-corrected chi connectivity index (χ0v) is 5.99. The van der Waals surface area contributed by atoms with E-state index in [1.807, 2.05) is 0 Å². The maximum atomic E-state index is 3.39. The lowest BCUT2D eigenvalue weighted by Crippen LogP contribution is -2.50. The predicted octanol–water partition coefficient (Wildman–Crippen LogP) is 1.39. The summed E-state index contributed by atoms with van der Waals surface area (Å²) in [6.07, 6.45) is 1.36. The third kappa shape index (κ3) is 1.03. The van der Waals surface area contributed by atoms with Crippen molar-refractivity contribution in [2.24, 2.45) is 5.41 Å². The molecule has 0 bridgehead atoms. The molecule has 1 N–H and O–H groups in total. The van der Waals surface area contributed by atoms with Gasteiger partial charge in [-0.1, -0.05) is 20.8 Å². The molecule has 0 radical (unpaired) electrons. The molecule has 1 rings (SSSR count). The van der Waals surface area contributed by atoms with Gasteiger partial charge in [0, 0.05) is 6.04 Å². The largest absolute Gasteiger partial charge is 0.313 e. The van der Waals surface area contributed by atoms with Gasteiger partial charge >= 0.3 is 0 Å². The molecule has 0 saturated carbocycles. The fourth-order valence-corrected chi connectivity index (χ4v) is 1.03. The van der Waals surface area contributed by atoms with Crippen LogP contribution in [-0.2, 0) is 0 Å². The monoisotopic (exact) mass is 113 g/mol. The summed E-state index contributed by atoms with van der Waals surface area (Å²) >= 11 is 0. The van der Waals surface area contributed by atoms with Crippen molar-refractivity contribution in [1.82, 2.24) is 5.32 Å². The molecule has 0 aromatic carbocycles. The van der Waals surface area contributed by atoms with E-state index in [1.165, 1.54) is 13.0 Å². The van der Waals surface area contributed by atoms with Crippen LogP contribution in [0.4, 0.5) is 0 Å². The molecule has 0 amide bonds. The lowest BCUT2D eigenvalue weighted by Gasteiger charge is -2.38. The first kappa shape index (κ1) is 6.09. The summed E-state index contributed by atoms with van der Waals surface area (Å²) in [4.78, 5) is 0. The van der Waals surface area contributed by atoms with Crippen molar-refractivity contribution in [3.63, 3.8) is 0 Å². The van der Waals surface area contributed by atoms with E-state index in [4.69, 9.17) is 0 Å². The van der Waals surface area contributed by atoms with Crippen LogP contribution in [0.3, 0.4) is 0 Å². The Kier molecular flexibility index (Phi) is 1.31. The minimum atomic E-state index is 0.484. The van der Waals surface area contributed by atoms with Gasteiger partial charge in [-0.3, -0.25) is 0 Å².